The fraction of sp³-hybridized carbons (Fsp3) is 1.00. The first-order chi connectivity index (χ1) is 6.97. The third-order valence-corrected chi connectivity index (χ3v) is 4.15. The second-order valence-corrected chi connectivity index (χ2v) is 6.04. The summed E-state index contributed by atoms with van der Waals surface area (Å²) in [5.74, 6) is 0.287. The molecule has 0 aromatic heterocycles. The Morgan fingerprint density at radius 2 is 2.20 bits per heavy atom. The maximum Gasteiger partial charge on any atom is 0.279 e. The number of nitrogens with one attached hydrogen (secondary N) is 1. The summed E-state index contributed by atoms with van der Waals surface area (Å²) in [4.78, 5) is 0. The van der Waals surface area contributed by atoms with Gasteiger partial charge < -0.3 is 5.11 Å². The first kappa shape index (κ1) is 12.9. The molecule has 1 heterocycles. The molecule has 1 aliphatic heterocycles. The van der Waals surface area contributed by atoms with Gasteiger partial charge in [0.25, 0.3) is 10.2 Å². The van der Waals surface area contributed by atoms with Crippen LogP contribution in [0.2, 0.25) is 0 Å². The van der Waals surface area contributed by atoms with E-state index >= 15 is 0 Å². The minimum absolute atomic E-state index is 0.0947. The molecule has 0 amide bonds. The zero-order valence-corrected chi connectivity index (χ0v) is 10.1. The summed E-state index contributed by atoms with van der Waals surface area (Å²) in [5, 5.41) is 9.04. The molecule has 2 N–H and O–H groups in total. The Kier molecular flexibility index (Phi) is 4.51. The van der Waals surface area contributed by atoms with E-state index in [0.717, 1.165) is 12.8 Å². The molecule has 5 nitrogen and oxygen atoms in total. The molecule has 0 aliphatic carbocycles. The van der Waals surface area contributed by atoms with Crippen LogP contribution in [0.5, 0.6) is 0 Å². The summed E-state index contributed by atoms with van der Waals surface area (Å²) in [6.07, 6.45) is 1.58. The van der Waals surface area contributed by atoms with Gasteiger partial charge in [-0.05, 0) is 18.8 Å². The van der Waals surface area contributed by atoms with Crippen molar-refractivity contribution < 1.29 is 13.5 Å². The first-order valence-corrected chi connectivity index (χ1v) is 6.78. The second kappa shape index (κ2) is 5.25. The van der Waals surface area contributed by atoms with Crippen molar-refractivity contribution in [2.45, 2.75) is 32.7 Å². The molecule has 6 heteroatoms. The minimum Gasteiger partial charge on any atom is -0.395 e. The zero-order chi connectivity index (χ0) is 11.5. The van der Waals surface area contributed by atoms with Gasteiger partial charge in [-0.15, -0.1) is 0 Å². The Morgan fingerprint density at radius 3 is 2.73 bits per heavy atom. The molecular weight excluding hydrogens is 216 g/mol. The Labute approximate surface area is 91.7 Å². The highest BCUT2D eigenvalue weighted by Crippen LogP contribution is 2.19. The highest BCUT2D eigenvalue weighted by atomic mass is 32.2. The molecule has 0 unspecified atom stereocenters. The van der Waals surface area contributed by atoms with Gasteiger partial charge in [0.15, 0.2) is 0 Å². The molecule has 0 spiro atoms. The smallest absolute Gasteiger partial charge is 0.279 e. The van der Waals surface area contributed by atoms with Crippen LogP contribution >= 0.6 is 0 Å². The van der Waals surface area contributed by atoms with E-state index in [2.05, 4.69) is 4.72 Å². The average molecular weight is 236 g/mol. The number of rotatable bonds is 5. The zero-order valence-electron chi connectivity index (χ0n) is 9.31. The van der Waals surface area contributed by atoms with Crippen LogP contribution in [-0.4, -0.2) is 43.6 Å². The van der Waals surface area contributed by atoms with Gasteiger partial charge in [-0.2, -0.15) is 12.7 Å². The first-order valence-electron chi connectivity index (χ1n) is 5.34. The highest BCUT2D eigenvalue weighted by Gasteiger charge is 2.33. The van der Waals surface area contributed by atoms with Crippen LogP contribution in [0.25, 0.3) is 0 Å². The topological polar surface area (TPSA) is 69.6 Å². The van der Waals surface area contributed by atoms with Crippen molar-refractivity contribution in [3.63, 3.8) is 0 Å². The summed E-state index contributed by atoms with van der Waals surface area (Å²) in [5.41, 5.74) is 0. The largest absolute Gasteiger partial charge is 0.395 e. The lowest BCUT2D eigenvalue weighted by molar-refractivity contribution is 0.212. The molecule has 0 radical (unpaired) electrons. The van der Waals surface area contributed by atoms with E-state index in [1.165, 1.54) is 4.31 Å². The van der Waals surface area contributed by atoms with Gasteiger partial charge in [-0.1, -0.05) is 13.8 Å². The lowest BCUT2D eigenvalue weighted by Crippen LogP contribution is -2.45. The molecule has 0 bridgehead atoms. The highest BCUT2D eigenvalue weighted by molar-refractivity contribution is 7.87. The summed E-state index contributed by atoms with van der Waals surface area (Å²) < 4.78 is 27.5. The van der Waals surface area contributed by atoms with Crippen LogP contribution in [0.15, 0.2) is 0 Å². The summed E-state index contributed by atoms with van der Waals surface area (Å²) >= 11 is 0. The molecule has 1 rings (SSSR count). The molecule has 1 atom stereocenters. The van der Waals surface area contributed by atoms with Crippen molar-refractivity contribution in [3.8, 4) is 0 Å². The third-order valence-electron chi connectivity index (χ3n) is 2.52. The molecule has 1 aliphatic rings. The number of hydrogen-bond acceptors (Lipinski definition) is 3. The Morgan fingerprint density at radius 1 is 1.53 bits per heavy atom. The molecular formula is C9H20N2O3S. The van der Waals surface area contributed by atoms with E-state index in [1.807, 2.05) is 13.8 Å². The van der Waals surface area contributed by atoms with E-state index < -0.39 is 10.2 Å². The van der Waals surface area contributed by atoms with E-state index in [9.17, 15) is 8.42 Å². The lowest BCUT2D eigenvalue weighted by Gasteiger charge is -2.23. The SMILES string of the molecule is CC(C)CNS(=O)(=O)N1CCC[C@H]1CO. The van der Waals surface area contributed by atoms with Gasteiger partial charge in [-0.25, -0.2) is 4.72 Å². The molecule has 0 aromatic carbocycles. The van der Waals surface area contributed by atoms with Crippen molar-refractivity contribution in [2.24, 2.45) is 5.92 Å². The van der Waals surface area contributed by atoms with Crippen LogP contribution in [-0.2, 0) is 10.2 Å². The normalized spacial score (nSPS) is 23.9. The fourth-order valence-corrected chi connectivity index (χ4v) is 3.31. The molecule has 15 heavy (non-hydrogen) atoms. The van der Waals surface area contributed by atoms with Gasteiger partial charge in [0, 0.05) is 19.1 Å². The molecule has 0 saturated carbocycles. The van der Waals surface area contributed by atoms with Crippen molar-refractivity contribution >= 4 is 10.2 Å². The van der Waals surface area contributed by atoms with Gasteiger partial charge >= 0.3 is 0 Å². The number of aliphatic hydroxyl groups is 1. The van der Waals surface area contributed by atoms with E-state index in [-0.39, 0.29) is 18.6 Å². The summed E-state index contributed by atoms with van der Waals surface area (Å²) in [6.45, 7) is 4.77. The van der Waals surface area contributed by atoms with Gasteiger partial charge in [0.1, 0.15) is 0 Å². The van der Waals surface area contributed by atoms with Crippen LogP contribution in [0.4, 0.5) is 0 Å². The lowest BCUT2D eigenvalue weighted by atomic mass is 10.2. The maximum atomic E-state index is 11.8. The van der Waals surface area contributed by atoms with Crippen LogP contribution < -0.4 is 4.72 Å². The van der Waals surface area contributed by atoms with Gasteiger partial charge in [0.2, 0.25) is 0 Å². The number of nitrogens with zero attached hydrogens (tertiary/aromatic N) is 1. The van der Waals surface area contributed by atoms with Crippen molar-refractivity contribution in [3.05, 3.63) is 0 Å². The molecule has 0 aromatic rings. The standard InChI is InChI=1S/C9H20N2O3S/c1-8(2)6-10-15(13,14)11-5-3-4-9(11)7-12/h8-10,12H,3-7H2,1-2H3/t9-/m0/s1. The molecule has 1 fully saturated rings. The van der Waals surface area contributed by atoms with Crippen molar-refractivity contribution in [1.82, 2.24) is 9.03 Å². The predicted molar refractivity (Wildman–Crippen MR) is 58.6 cm³/mol. The van der Waals surface area contributed by atoms with Gasteiger partial charge in [-0.3, -0.25) is 0 Å². The van der Waals surface area contributed by atoms with Gasteiger partial charge in [0.05, 0.1) is 6.61 Å². The third kappa shape index (κ3) is 3.41. The second-order valence-electron chi connectivity index (χ2n) is 4.34. The minimum atomic E-state index is -3.39. The van der Waals surface area contributed by atoms with Crippen molar-refractivity contribution in [1.29, 1.82) is 0 Å². The van der Waals surface area contributed by atoms with E-state index in [0.29, 0.717) is 13.1 Å². The maximum absolute atomic E-state index is 11.8. The Balaban J connectivity index is 2.60. The van der Waals surface area contributed by atoms with E-state index in [1.54, 1.807) is 0 Å². The average Bonchev–Trinajstić information content (AvgIpc) is 2.63. The van der Waals surface area contributed by atoms with Crippen molar-refractivity contribution in [2.75, 3.05) is 19.7 Å². The van der Waals surface area contributed by atoms with Crippen LogP contribution in [0, 0.1) is 5.92 Å². The Hall–Kier alpha value is -0.170. The molecule has 90 valence electrons. The Bertz CT molecular complexity index is 290. The quantitative estimate of drug-likeness (QED) is 0.702. The fourth-order valence-electron chi connectivity index (χ4n) is 1.66. The van der Waals surface area contributed by atoms with E-state index in [4.69, 9.17) is 5.11 Å². The predicted octanol–water partition coefficient (Wildman–Crippen LogP) is -0.0665. The monoisotopic (exact) mass is 236 g/mol. The summed E-state index contributed by atoms with van der Waals surface area (Å²) in [7, 11) is -3.39. The number of aliphatic hydroxyl groups excluding tert-OH is 1. The van der Waals surface area contributed by atoms with Crippen LogP contribution in [0.3, 0.4) is 0 Å². The summed E-state index contributed by atoms with van der Waals surface area (Å²) in [6, 6.07) is -0.241. The molecule has 1 saturated heterocycles. The van der Waals surface area contributed by atoms with Crippen LogP contribution in [0.1, 0.15) is 26.7 Å². The number of hydrogen-bond donors (Lipinski definition) is 2.